The fourth-order valence-electron chi connectivity index (χ4n) is 4.30. The van der Waals surface area contributed by atoms with Gasteiger partial charge in [-0.3, -0.25) is 0 Å². The Balaban J connectivity index is 1.43. The van der Waals surface area contributed by atoms with Gasteiger partial charge in [-0.15, -0.1) is 0 Å². The minimum absolute atomic E-state index is 0.644. The molecule has 5 aromatic carbocycles. The van der Waals surface area contributed by atoms with E-state index in [4.69, 9.17) is 15.0 Å². The standard InChI is InChI=1S/C33H24N4/c1-5-13-25(14-6-1)31-34-32(26-15-7-2-8-16-26)36-33(35-31)27-21-23-30(24-22-27)37(28-17-9-3-10-18-28)29-19-11-4-12-20-29/h1-24H. The maximum atomic E-state index is 4.85. The molecule has 0 amide bonds. The summed E-state index contributed by atoms with van der Waals surface area (Å²) in [6.07, 6.45) is 0. The van der Waals surface area contributed by atoms with Crippen LogP contribution in [0, 0.1) is 0 Å². The number of anilines is 3. The van der Waals surface area contributed by atoms with E-state index < -0.39 is 0 Å². The molecule has 1 aromatic heterocycles. The molecule has 4 heteroatoms. The van der Waals surface area contributed by atoms with Crippen LogP contribution in [0.3, 0.4) is 0 Å². The van der Waals surface area contributed by atoms with E-state index in [0.29, 0.717) is 17.5 Å². The van der Waals surface area contributed by atoms with E-state index in [1.807, 2.05) is 72.8 Å². The Kier molecular flexibility index (Phi) is 6.21. The lowest BCUT2D eigenvalue weighted by Gasteiger charge is -2.25. The summed E-state index contributed by atoms with van der Waals surface area (Å²) in [4.78, 5) is 16.7. The quantitative estimate of drug-likeness (QED) is 0.242. The van der Waals surface area contributed by atoms with Gasteiger partial charge in [-0.2, -0.15) is 0 Å². The van der Waals surface area contributed by atoms with Gasteiger partial charge in [0.15, 0.2) is 17.5 Å². The third-order valence-corrected chi connectivity index (χ3v) is 6.11. The van der Waals surface area contributed by atoms with Gasteiger partial charge in [0.25, 0.3) is 0 Å². The van der Waals surface area contributed by atoms with Crippen LogP contribution in [-0.2, 0) is 0 Å². The maximum Gasteiger partial charge on any atom is 0.164 e. The molecule has 0 aliphatic heterocycles. The van der Waals surface area contributed by atoms with Gasteiger partial charge in [0.2, 0.25) is 0 Å². The smallest absolute Gasteiger partial charge is 0.164 e. The molecule has 0 N–H and O–H groups in total. The van der Waals surface area contributed by atoms with Gasteiger partial charge in [0.05, 0.1) is 0 Å². The second-order valence-electron chi connectivity index (χ2n) is 8.59. The summed E-state index contributed by atoms with van der Waals surface area (Å²) >= 11 is 0. The van der Waals surface area contributed by atoms with Crippen molar-refractivity contribution in [3.05, 3.63) is 146 Å². The fourth-order valence-corrected chi connectivity index (χ4v) is 4.30. The monoisotopic (exact) mass is 476 g/mol. The van der Waals surface area contributed by atoms with Crippen LogP contribution in [0.4, 0.5) is 17.1 Å². The molecule has 37 heavy (non-hydrogen) atoms. The van der Waals surface area contributed by atoms with Crippen LogP contribution in [0.15, 0.2) is 146 Å². The van der Waals surface area contributed by atoms with Crippen molar-refractivity contribution in [2.45, 2.75) is 0 Å². The highest BCUT2D eigenvalue weighted by Gasteiger charge is 2.14. The highest BCUT2D eigenvalue weighted by Crippen LogP contribution is 2.35. The molecular weight excluding hydrogens is 452 g/mol. The lowest BCUT2D eigenvalue weighted by Crippen LogP contribution is -2.09. The van der Waals surface area contributed by atoms with Crippen LogP contribution >= 0.6 is 0 Å². The maximum absolute atomic E-state index is 4.85. The van der Waals surface area contributed by atoms with Crippen LogP contribution < -0.4 is 4.90 Å². The number of para-hydroxylation sites is 2. The average molecular weight is 477 g/mol. The SMILES string of the molecule is c1ccc(-c2nc(-c3ccccc3)nc(-c3ccc(N(c4ccccc4)c4ccccc4)cc3)n2)cc1. The number of hydrogen-bond acceptors (Lipinski definition) is 4. The van der Waals surface area contributed by atoms with Gasteiger partial charge in [-0.05, 0) is 48.5 Å². The molecule has 0 fully saturated rings. The van der Waals surface area contributed by atoms with Crippen molar-refractivity contribution in [3.63, 3.8) is 0 Å². The van der Waals surface area contributed by atoms with Crippen molar-refractivity contribution >= 4 is 17.1 Å². The molecular formula is C33H24N4. The highest BCUT2D eigenvalue weighted by atomic mass is 15.1. The van der Waals surface area contributed by atoms with E-state index in [2.05, 4.69) is 77.7 Å². The topological polar surface area (TPSA) is 41.9 Å². The third-order valence-electron chi connectivity index (χ3n) is 6.11. The number of aromatic nitrogens is 3. The molecule has 4 nitrogen and oxygen atoms in total. The molecule has 176 valence electrons. The Labute approximate surface area is 216 Å². The largest absolute Gasteiger partial charge is 0.311 e. The van der Waals surface area contributed by atoms with Crippen LogP contribution in [0.1, 0.15) is 0 Å². The predicted octanol–water partition coefficient (Wildman–Crippen LogP) is 8.34. The van der Waals surface area contributed by atoms with Crippen LogP contribution in [0.5, 0.6) is 0 Å². The number of nitrogens with zero attached hydrogens (tertiary/aromatic N) is 4. The van der Waals surface area contributed by atoms with Gasteiger partial charge in [0, 0.05) is 33.8 Å². The van der Waals surface area contributed by atoms with Crippen molar-refractivity contribution in [2.24, 2.45) is 0 Å². The summed E-state index contributed by atoms with van der Waals surface area (Å²) < 4.78 is 0. The molecule has 0 saturated carbocycles. The average Bonchev–Trinajstić information content (AvgIpc) is 2.99. The molecule has 0 unspecified atom stereocenters. The number of hydrogen-bond donors (Lipinski definition) is 0. The zero-order chi connectivity index (χ0) is 24.9. The Morgan fingerprint density at radius 1 is 0.297 bits per heavy atom. The second-order valence-corrected chi connectivity index (χ2v) is 8.59. The molecule has 0 radical (unpaired) electrons. The number of benzene rings is 5. The summed E-state index contributed by atoms with van der Waals surface area (Å²) in [5, 5.41) is 0. The minimum atomic E-state index is 0.644. The molecule has 0 saturated heterocycles. The summed E-state index contributed by atoms with van der Waals surface area (Å²) in [6, 6.07) is 49.2. The molecule has 0 aliphatic rings. The van der Waals surface area contributed by atoms with E-state index in [1.54, 1.807) is 0 Å². The van der Waals surface area contributed by atoms with Gasteiger partial charge < -0.3 is 4.90 Å². The van der Waals surface area contributed by atoms with Crippen LogP contribution in [0.25, 0.3) is 34.2 Å². The van der Waals surface area contributed by atoms with Crippen molar-refractivity contribution in [3.8, 4) is 34.2 Å². The summed E-state index contributed by atoms with van der Waals surface area (Å²) in [5.41, 5.74) is 6.10. The van der Waals surface area contributed by atoms with E-state index >= 15 is 0 Å². The van der Waals surface area contributed by atoms with Crippen molar-refractivity contribution < 1.29 is 0 Å². The van der Waals surface area contributed by atoms with E-state index in [-0.39, 0.29) is 0 Å². The van der Waals surface area contributed by atoms with E-state index in [1.165, 1.54) is 0 Å². The van der Waals surface area contributed by atoms with Gasteiger partial charge in [-0.25, -0.2) is 15.0 Å². The lowest BCUT2D eigenvalue weighted by atomic mass is 10.1. The minimum Gasteiger partial charge on any atom is -0.311 e. The Hall–Kier alpha value is -5.09. The summed E-state index contributed by atoms with van der Waals surface area (Å²) in [6.45, 7) is 0. The molecule has 0 bridgehead atoms. The molecule has 6 rings (SSSR count). The van der Waals surface area contributed by atoms with Crippen LogP contribution in [-0.4, -0.2) is 15.0 Å². The summed E-state index contributed by atoms with van der Waals surface area (Å²) in [5.74, 6) is 1.96. The molecule has 1 heterocycles. The Morgan fingerprint density at radius 3 is 0.973 bits per heavy atom. The molecule has 0 aliphatic carbocycles. The van der Waals surface area contributed by atoms with Crippen molar-refractivity contribution in [1.29, 1.82) is 0 Å². The molecule has 6 aromatic rings. The van der Waals surface area contributed by atoms with Crippen molar-refractivity contribution in [2.75, 3.05) is 4.90 Å². The fraction of sp³-hybridized carbons (Fsp3) is 0. The van der Waals surface area contributed by atoms with E-state index in [9.17, 15) is 0 Å². The second kappa shape index (κ2) is 10.3. The number of rotatable bonds is 6. The van der Waals surface area contributed by atoms with E-state index in [0.717, 1.165) is 33.8 Å². The lowest BCUT2D eigenvalue weighted by molar-refractivity contribution is 1.07. The van der Waals surface area contributed by atoms with Gasteiger partial charge >= 0.3 is 0 Å². The normalized spacial score (nSPS) is 10.7. The van der Waals surface area contributed by atoms with Gasteiger partial charge in [-0.1, -0.05) is 97.1 Å². The third kappa shape index (κ3) is 4.86. The predicted molar refractivity (Wildman–Crippen MR) is 151 cm³/mol. The first-order valence-corrected chi connectivity index (χ1v) is 12.2. The van der Waals surface area contributed by atoms with Crippen molar-refractivity contribution in [1.82, 2.24) is 15.0 Å². The molecule has 0 spiro atoms. The van der Waals surface area contributed by atoms with Crippen LogP contribution in [0.2, 0.25) is 0 Å². The highest BCUT2D eigenvalue weighted by molar-refractivity contribution is 5.78. The molecule has 0 atom stereocenters. The first-order valence-electron chi connectivity index (χ1n) is 12.2. The van der Waals surface area contributed by atoms with Gasteiger partial charge in [0.1, 0.15) is 0 Å². The Morgan fingerprint density at radius 2 is 0.595 bits per heavy atom. The Bertz CT molecular complexity index is 1490. The summed E-state index contributed by atoms with van der Waals surface area (Å²) in [7, 11) is 0. The zero-order valence-corrected chi connectivity index (χ0v) is 20.1. The zero-order valence-electron chi connectivity index (χ0n) is 20.1. The first kappa shape index (κ1) is 22.4. The first-order chi connectivity index (χ1) is 18.3.